The Kier molecular flexibility index (Phi) is 7.31. The molecule has 13 nitrogen and oxygen atoms in total. The number of imidazole rings is 1. The van der Waals surface area contributed by atoms with E-state index in [0.717, 1.165) is 12.8 Å². The summed E-state index contributed by atoms with van der Waals surface area (Å²) >= 11 is 6.83. The number of hydrogen-bond donors (Lipinski definition) is 3. The molecule has 1 aromatic carbocycles. The van der Waals surface area contributed by atoms with Crippen molar-refractivity contribution in [3.63, 3.8) is 0 Å². The Morgan fingerprint density at radius 3 is 2.68 bits per heavy atom. The Labute approximate surface area is 223 Å². The highest BCUT2D eigenvalue weighted by Crippen LogP contribution is 2.36. The van der Waals surface area contributed by atoms with Crippen LogP contribution < -0.4 is 20.9 Å². The van der Waals surface area contributed by atoms with Crippen molar-refractivity contribution in [1.29, 1.82) is 10.5 Å². The Hall–Kier alpha value is -4.33. The Bertz CT molecular complexity index is 1430. The summed E-state index contributed by atoms with van der Waals surface area (Å²) in [5, 5.41) is 33.4. The number of nitriles is 2. The molecule has 0 spiro atoms. The van der Waals surface area contributed by atoms with Crippen molar-refractivity contribution < 1.29 is 9.53 Å². The fourth-order valence-corrected chi connectivity index (χ4v) is 4.38. The van der Waals surface area contributed by atoms with Crippen LogP contribution >= 0.6 is 11.6 Å². The lowest BCUT2D eigenvalue weighted by atomic mass is 10.1. The lowest BCUT2D eigenvalue weighted by Crippen LogP contribution is -2.49. The normalized spacial score (nSPS) is 15.2. The first kappa shape index (κ1) is 25.3. The lowest BCUT2D eigenvalue weighted by molar-refractivity contribution is 0.101. The summed E-state index contributed by atoms with van der Waals surface area (Å²) in [6.45, 7) is 2.86. The van der Waals surface area contributed by atoms with Crippen molar-refractivity contribution in [2.75, 3.05) is 61.9 Å². The fraction of sp³-hybridized carbons (Fsp3) is 0.417. The molecule has 2 aliphatic rings. The van der Waals surface area contributed by atoms with Crippen LogP contribution in [0.4, 0.5) is 27.9 Å². The van der Waals surface area contributed by atoms with Crippen molar-refractivity contribution in [3.05, 3.63) is 34.6 Å². The molecular formula is C24H26ClN11O2. The molecule has 0 atom stereocenters. The molecule has 196 valence electrons. The molecule has 1 aliphatic heterocycles. The minimum atomic E-state index is -0.349. The minimum absolute atomic E-state index is 0.201. The van der Waals surface area contributed by atoms with Crippen LogP contribution in [0.15, 0.2) is 18.3 Å². The average molecular weight is 536 g/mol. The highest BCUT2D eigenvalue weighted by atomic mass is 35.5. The van der Waals surface area contributed by atoms with Crippen LogP contribution in [0.2, 0.25) is 5.02 Å². The van der Waals surface area contributed by atoms with Gasteiger partial charge in [0.25, 0.3) is 0 Å². The van der Waals surface area contributed by atoms with Gasteiger partial charge in [0.2, 0.25) is 5.95 Å². The molecule has 1 aliphatic carbocycles. The number of likely N-dealkylation sites (N-methyl/N-ethyl adjacent to an activating group) is 1. The quantitative estimate of drug-likeness (QED) is 0.363. The number of nitrogens with zero attached hydrogens (tertiary/aromatic N) is 8. The number of carbonyl (C=O) groups is 1. The van der Waals surface area contributed by atoms with Crippen LogP contribution in [0.3, 0.4) is 0 Å². The van der Waals surface area contributed by atoms with Gasteiger partial charge in [-0.25, -0.2) is 9.78 Å². The molecule has 0 radical (unpaired) electrons. The first-order chi connectivity index (χ1) is 18.5. The van der Waals surface area contributed by atoms with Gasteiger partial charge in [0.15, 0.2) is 17.2 Å². The number of rotatable bonds is 8. The lowest BCUT2D eigenvalue weighted by Gasteiger charge is -2.36. The highest BCUT2D eigenvalue weighted by molar-refractivity contribution is 6.36. The van der Waals surface area contributed by atoms with Crippen molar-refractivity contribution >= 4 is 46.5 Å². The molecule has 38 heavy (non-hydrogen) atoms. The van der Waals surface area contributed by atoms with E-state index in [2.05, 4.69) is 43.2 Å². The number of amides is 1. The molecule has 3 aromatic rings. The second-order valence-electron chi connectivity index (χ2n) is 8.98. The van der Waals surface area contributed by atoms with Gasteiger partial charge in [0.1, 0.15) is 12.7 Å². The molecule has 2 aromatic heterocycles. The third kappa shape index (κ3) is 5.34. The molecule has 3 heterocycles. The minimum Gasteiger partial charge on any atom is -0.448 e. The number of piperazine rings is 1. The third-order valence-electron chi connectivity index (χ3n) is 6.28. The standard InChI is InChI=1S/C24H26ClN11O2/c1-28-4-9-38-24(37)35-7-5-34(6-8-35)19-11-15(12-26)10-18(20(19)25)31-23-32-21(30-16-2-3-16)22-29-14-17(13-27)36(22)33-23/h10-11,14,16,28H,2-9H2,1H3,(H2,30,31,32,33). The topological polar surface area (TPSA) is 160 Å². The van der Waals surface area contributed by atoms with Crippen LogP contribution in [0.5, 0.6) is 0 Å². The number of fused-ring (bicyclic) bond motifs is 1. The van der Waals surface area contributed by atoms with Crippen LogP contribution in [-0.4, -0.2) is 83.0 Å². The van der Waals surface area contributed by atoms with Gasteiger partial charge in [-0.05, 0) is 32.0 Å². The van der Waals surface area contributed by atoms with E-state index in [-0.39, 0.29) is 17.7 Å². The molecule has 5 rings (SSSR count). The van der Waals surface area contributed by atoms with Gasteiger partial charge < -0.3 is 30.5 Å². The second-order valence-corrected chi connectivity index (χ2v) is 9.36. The summed E-state index contributed by atoms with van der Waals surface area (Å²) in [5.74, 6) is 0.712. The number of benzene rings is 1. The number of carbonyl (C=O) groups excluding carboxylic acids is 1. The van der Waals surface area contributed by atoms with Gasteiger partial charge in [-0.3, -0.25) is 0 Å². The SMILES string of the molecule is CNCCOC(=O)N1CCN(c2cc(C#N)cc(Nc3nc(NC4CC4)c4ncc(C#N)n4n3)c2Cl)CC1. The van der Waals surface area contributed by atoms with Crippen LogP contribution in [0.25, 0.3) is 5.65 Å². The molecule has 0 unspecified atom stereocenters. The smallest absolute Gasteiger partial charge is 0.409 e. The fourth-order valence-electron chi connectivity index (χ4n) is 4.11. The summed E-state index contributed by atoms with van der Waals surface area (Å²) in [4.78, 5) is 24.8. The van der Waals surface area contributed by atoms with E-state index < -0.39 is 0 Å². The van der Waals surface area contributed by atoms with Crippen molar-refractivity contribution in [2.24, 2.45) is 0 Å². The predicted octanol–water partition coefficient (Wildman–Crippen LogP) is 2.32. The number of nitrogens with one attached hydrogen (secondary N) is 3. The molecule has 1 saturated heterocycles. The number of halogens is 1. The number of anilines is 4. The third-order valence-corrected chi connectivity index (χ3v) is 6.68. The van der Waals surface area contributed by atoms with Gasteiger partial charge in [-0.15, -0.1) is 5.10 Å². The Balaban J connectivity index is 1.38. The maximum atomic E-state index is 12.3. The molecule has 1 amide bonds. The van der Waals surface area contributed by atoms with E-state index in [9.17, 15) is 15.3 Å². The Morgan fingerprint density at radius 2 is 2.00 bits per heavy atom. The predicted molar refractivity (Wildman–Crippen MR) is 141 cm³/mol. The molecule has 1 saturated carbocycles. The summed E-state index contributed by atoms with van der Waals surface area (Å²) in [7, 11) is 1.80. The zero-order valence-electron chi connectivity index (χ0n) is 20.7. The van der Waals surface area contributed by atoms with Gasteiger partial charge in [-0.2, -0.15) is 20.0 Å². The van der Waals surface area contributed by atoms with Crippen LogP contribution in [0, 0.1) is 22.7 Å². The van der Waals surface area contributed by atoms with Crippen LogP contribution in [0.1, 0.15) is 24.1 Å². The van der Waals surface area contributed by atoms with E-state index in [1.54, 1.807) is 24.1 Å². The van der Waals surface area contributed by atoms with E-state index in [4.69, 9.17) is 16.3 Å². The van der Waals surface area contributed by atoms with Gasteiger partial charge in [0.05, 0.1) is 34.2 Å². The zero-order valence-corrected chi connectivity index (χ0v) is 21.5. The summed E-state index contributed by atoms with van der Waals surface area (Å²) in [5.41, 5.74) is 2.24. The van der Waals surface area contributed by atoms with Gasteiger partial charge in [-0.1, -0.05) is 11.6 Å². The summed E-state index contributed by atoms with van der Waals surface area (Å²) < 4.78 is 6.70. The Morgan fingerprint density at radius 1 is 1.21 bits per heavy atom. The van der Waals surface area contributed by atoms with E-state index in [1.807, 2.05) is 4.90 Å². The van der Waals surface area contributed by atoms with E-state index >= 15 is 0 Å². The van der Waals surface area contributed by atoms with Crippen molar-refractivity contribution in [2.45, 2.75) is 18.9 Å². The number of aromatic nitrogens is 4. The van der Waals surface area contributed by atoms with Crippen LogP contribution in [-0.2, 0) is 4.74 Å². The summed E-state index contributed by atoms with van der Waals surface area (Å²) in [6, 6.07) is 7.92. The van der Waals surface area contributed by atoms with E-state index in [1.165, 1.54) is 10.7 Å². The molecule has 0 bridgehead atoms. The zero-order chi connectivity index (χ0) is 26.6. The van der Waals surface area contributed by atoms with Gasteiger partial charge >= 0.3 is 6.09 Å². The van der Waals surface area contributed by atoms with Crippen molar-refractivity contribution in [1.82, 2.24) is 29.8 Å². The molecular weight excluding hydrogens is 510 g/mol. The maximum absolute atomic E-state index is 12.3. The maximum Gasteiger partial charge on any atom is 0.409 e. The monoisotopic (exact) mass is 535 g/mol. The summed E-state index contributed by atoms with van der Waals surface area (Å²) in [6.07, 6.45) is 3.16. The van der Waals surface area contributed by atoms with Gasteiger partial charge in [0, 0.05) is 38.8 Å². The molecule has 3 N–H and O–H groups in total. The highest BCUT2D eigenvalue weighted by Gasteiger charge is 2.26. The molecule has 2 fully saturated rings. The second kappa shape index (κ2) is 11.0. The first-order valence-electron chi connectivity index (χ1n) is 12.2. The van der Waals surface area contributed by atoms with Crippen molar-refractivity contribution in [3.8, 4) is 12.1 Å². The first-order valence-corrected chi connectivity index (χ1v) is 12.6. The molecule has 14 heteroatoms. The van der Waals surface area contributed by atoms with E-state index in [0.29, 0.717) is 78.8 Å². The number of hydrogen-bond acceptors (Lipinski definition) is 11. The largest absolute Gasteiger partial charge is 0.448 e. The number of ether oxygens (including phenoxy) is 1. The average Bonchev–Trinajstić information content (AvgIpc) is 3.65.